The van der Waals surface area contributed by atoms with Gasteiger partial charge in [0.25, 0.3) is 0 Å². The molecule has 118 valence electrons. The Morgan fingerprint density at radius 1 is 1.18 bits per heavy atom. The fraction of sp³-hybridized carbons (Fsp3) is 0.647. The molecule has 2 N–H and O–H groups in total. The Kier molecular flexibility index (Phi) is 4.91. The lowest BCUT2D eigenvalue weighted by Crippen LogP contribution is -2.50. The Labute approximate surface area is 132 Å². The van der Waals surface area contributed by atoms with Gasteiger partial charge in [-0.1, -0.05) is 12.8 Å². The lowest BCUT2D eigenvalue weighted by Gasteiger charge is -2.41. The molecule has 0 amide bonds. The molecule has 1 saturated carbocycles. The number of anilines is 1. The van der Waals surface area contributed by atoms with Gasteiger partial charge in [0.15, 0.2) is 0 Å². The van der Waals surface area contributed by atoms with Crippen LogP contribution in [-0.2, 0) is 0 Å². The first kappa shape index (κ1) is 15.3. The second-order valence-electron chi connectivity index (χ2n) is 6.42. The van der Waals surface area contributed by atoms with Crippen molar-refractivity contribution in [1.82, 2.24) is 9.88 Å². The highest BCUT2D eigenvalue weighted by Crippen LogP contribution is 2.26. The predicted octanol–water partition coefficient (Wildman–Crippen LogP) is 2.13. The van der Waals surface area contributed by atoms with Crippen molar-refractivity contribution in [1.29, 1.82) is 5.26 Å². The SMILES string of the molecule is N#Cc1ccc(NC2CCN(C3CCCCC3O)CC2)nc1. The third-order valence-electron chi connectivity index (χ3n) is 4.94. The van der Waals surface area contributed by atoms with E-state index in [1.165, 1.54) is 12.8 Å². The van der Waals surface area contributed by atoms with Crippen LogP contribution in [0.4, 0.5) is 5.82 Å². The van der Waals surface area contributed by atoms with Crippen LogP contribution in [0.5, 0.6) is 0 Å². The van der Waals surface area contributed by atoms with Gasteiger partial charge < -0.3 is 10.4 Å². The lowest BCUT2D eigenvalue weighted by atomic mass is 9.89. The summed E-state index contributed by atoms with van der Waals surface area (Å²) in [4.78, 5) is 6.74. The Morgan fingerprint density at radius 2 is 1.95 bits per heavy atom. The minimum absolute atomic E-state index is 0.140. The van der Waals surface area contributed by atoms with Crippen LogP contribution in [-0.4, -0.2) is 46.3 Å². The summed E-state index contributed by atoms with van der Waals surface area (Å²) in [6, 6.07) is 6.54. The van der Waals surface area contributed by atoms with Crippen molar-refractivity contribution in [3.8, 4) is 6.07 Å². The van der Waals surface area contributed by atoms with Crippen LogP contribution in [0.15, 0.2) is 18.3 Å². The molecule has 22 heavy (non-hydrogen) atoms. The molecule has 1 aliphatic carbocycles. The summed E-state index contributed by atoms with van der Waals surface area (Å²) in [5, 5.41) is 22.4. The summed E-state index contributed by atoms with van der Waals surface area (Å²) in [6.07, 6.45) is 8.12. The Morgan fingerprint density at radius 3 is 2.59 bits per heavy atom. The second kappa shape index (κ2) is 7.08. The summed E-state index contributed by atoms with van der Waals surface area (Å²) < 4.78 is 0. The van der Waals surface area contributed by atoms with Crippen LogP contribution in [0.25, 0.3) is 0 Å². The van der Waals surface area contributed by atoms with Gasteiger partial charge in [-0.15, -0.1) is 0 Å². The molecular weight excluding hydrogens is 276 g/mol. The molecule has 0 radical (unpaired) electrons. The molecule has 1 aromatic rings. The average molecular weight is 300 g/mol. The first-order valence-electron chi connectivity index (χ1n) is 8.31. The van der Waals surface area contributed by atoms with Gasteiger partial charge in [-0.05, 0) is 37.8 Å². The fourth-order valence-corrected chi connectivity index (χ4v) is 3.65. The molecule has 2 unspecified atom stereocenters. The monoisotopic (exact) mass is 300 g/mol. The summed E-state index contributed by atoms with van der Waals surface area (Å²) in [5.74, 6) is 0.843. The summed E-state index contributed by atoms with van der Waals surface area (Å²) in [5.41, 5.74) is 0.589. The van der Waals surface area contributed by atoms with Crippen LogP contribution < -0.4 is 5.32 Å². The van der Waals surface area contributed by atoms with Gasteiger partial charge in [-0.2, -0.15) is 5.26 Å². The van der Waals surface area contributed by atoms with Crippen LogP contribution in [0, 0.1) is 11.3 Å². The number of pyridine rings is 1. The number of hydrogen-bond donors (Lipinski definition) is 2. The second-order valence-corrected chi connectivity index (χ2v) is 6.42. The summed E-state index contributed by atoms with van der Waals surface area (Å²) >= 11 is 0. The van der Waals surface area contributed by atoms with Gasteiger partial charge in [-0.3, -0.25) is 4.90 Å². The topological polar surface area (TPSA) is 72.2 Å². The standard InChI is InChI=1S/C17H24N4O/c18-11-13-5-6-17(19-12-13)20-14-7-9-21(10-8-14)15-3-1-2-4-16(15)22/h5-6,12,14-16,22H,1-4,7-10H2,(H,19,20). The molecule has 0 spiro atoms. The van der Waals surface area contributed by atoms with Gasteiger partial charge in [0.1, 0.15) is 11.9 Å². The van der Waals surface area contributed by atoms with E-state index >= 15 is 0 Å². The van der Waals surface area contributed by atoms with E-state index in [4.69, 9.17) is 5.26 Å². The maximum Gasteiger partial charge on any atom is 0.126 e. The van der Waals surface area contributed by atoms with Crippen LogP contribution in [0.1, 0.15) is 44.1 Å². The van der Waals surface area contributed by atoms with Crippen molar-refractivity contribution in [2.75, 3.05) is 18.4 Å². The molecule has 1 aliphatic heterocycles. The third-order valence-corrected chi connectivity index (χ3v) is 4.94. The van der Waals surface area contributed by atoms with E-state index in [1.54, 1.807) is 12.3 Å². The number of nitrogens with zero attached hydrogens (tertiary/aromatic N) is 3. The molecule has 5 nitrogen and oxygen atoms in total. The van der Waals surface area contributed by atoms with Crippen molar-refractivity contribution in [2.24, 2.45) is 0 Å². The molecule has 1 aromatic heterocycles. The zero-order chi connectivity index (χ0) is 15.4. The van der Waals surface area contributed by atoms with E-state index in [0.29, 0.717) is 17.6 Å². The molecule has 1 saturated heterocycles. The van der Waals surface area contributed by atoms with Gasteiger partial charge in [-0.25, -0.2) is 4.98 Å². The minimum Gasteiger partial charge on any atom is -0.391 e. The molecule has 3 rings (SSSR count). The number of aliphatic hydroxyl groups is 1. The Hall–Kier alpha value is -1.64. The van der Waals surface area contributed by atoms with Gasteiger partial charge in [0, 0.05) is 31.4 Å². The zero-order valence-electron chi connectivity index (χ0n) is 12.9. The number of nitrogens with one attached hydrogen (secondary N) is 1. The fourth-order valence-electron chi connectivity index (χ4n) is 3.65. The highest BCUT2D eigenvalue weighted by Gasteiger charge is 2.31. The molecule has 5 heteroatoms. The summed E-state index contributed by atoms with van der Waals surface area (Å²) in [6.45, 7) is 2.07. The number of piperidine rings is 1. The Balaban J connectivity index is 1.50. The molecular formula is C17H24N4O. The first-order valence-corrected chi connectivity index (χ1v) is 8.31. The number of aliphatic hydroxyl groups excluding tert-OH is 1. The van der Waals surface area contributed by atoms with Crippen molar-refractivity contribution >= 4 is 5.82 Å². The molecule has 0 bridgehead atoms. The molecule has 0 aromatic carbocycles. The first-order chi connectivity index (χ1) is 10.8. The molecule has 2 fully saturated rings. The summed E-state index contributed by atoms with van der Waals surface area (Å²) in [7, 11) is 0. The van der Waals surface area contributed by atoms with E-state index in [0.717, 1.165) is 44.6 Å². The minimum atomic E-state index is -0.140. The van der Waals surface area contributed by atoms with Crippen LogP contribution in [0.3, 0.4) is 0 Å². The van der Waals surface area contributed by atoms with Crippen LogP contribution >= 0.6 is 0 Å². The van der Waals surface area contributed by atoms with Crippen molar-refractivity contribution in [3.63, 3.8) is 0 Å². The van der Waals surface area contributed by atoms with Crippen molar-refractivity contribution < 1.29 is 5.11 Å². The van der Waals surface area contributed by atoms with E-state index < -0.39 is 0 Å². The Bertz CT molecular complexity index is 516. The molecule has 2 heterocycles. The van der Waals surface area contributed by atoms with Crippen LogP contribution in [0.2, 0.25) is 0 Å². The maximum absolute atomic E-state index is 10.2. The van der Waals surface area contributed by atoms with E-state index in [2.05, 4.69) is 21.3 Å². The zero-order valence-corrected chi connectivity index (χ0v) is 12.9. The smallest absolute Gasteiger partial charge is 0.126 e. The van der Waals surface area contributed by atoms with Crippen molar-refractivity contribution in [2.45, 2.75) is 56.7 Å². The highest BCUT2D eigenvalue weighted by atomic mass is 16.3. The van der Waals surface area contributed by atoms with E-state index in [9.17, 15) is 5.11 Å². The van der Waals surface area contributed by atoms with Gasteiger partial charge >= 0.3 is 0 Å². The third kappa shape index (κ3) is 3.57. The number of aromatic nitrogens is 1. The normalized spacial score (nSPS) is 27.3. The van der Waals surface area contributed by atoms with Gasteiger partial charge in [0.05, 0.1) is 11.7 Å². The van der Waals surface area contributed by atoms with Gasteiger partial charge in [0.2, 0.25) is 0 Å². The number of nitriles is 1. The number of hydrogen-bond acceptors (Lipinski definition) is 5. The number of likely N-dealkylation sites (tertiary alicyclic amines) is 1. The van der Waals surface area contributed by atoms with E-state index in [-0.39, 0.29) is 6.10 Å². The lowest BCUT2D eigenvalue weighted by molar-refractivity contribution is 0.00992. The quantitative estimate of drug-likeness (QED) is 0.895. The average Bonchev–Trinajstić information content (AvgIpc) is 2.57. The predicted molar refractivity (Wildman–Crippen MR) is 85.4 cm³/mol. The maximum atomic E-state index is 10.2. The van der Waals surface area contributed by atoms with E-state index in [1.807, 2.05) is 6.07 Å². The number of rotatable bonds is 3. The highest BCUT2D eigenvalue weighted by molar-refractivity contribution is 5.39. The largest absolute Gasteiger partial charge is 0.391 e. The molecule has 2 aliphatic rings. The van der Waals surface area contributed by atoms with Crippen molar-refractivity contribution in [3.05, 3.63) is 23.9 Å². The molecule has 2 atom stereocenters.